The van der Waals surface area contributed by atoms with E-state index < -0.39 is 0 Å². The third-order valence-corrected chi connectivity index (χ3v) is 4.19. The van der Waals surface area contributed by atoms with Crippen LogP contribution < -0.4 is 5.73 Å². The molecule has 19 heavy (non-hydrogen) atoms. The van der Waals surface area contributed by atoms with Crippen molar-refractivity contribution in [3.05, 3.63) is 35.9 Å². The van der Waals surface area contributed by atoms with E-state index in [1.54, 1.807) is 0 Å². The molecule has 0 saturated heterocycles. The maximum Gasteiger partial charge on any atom is 0.0699 e. The van der Waals surface area contributed by atoms with Gasteiger partial charge in [-0.2, -0.15) is 11.8 Å². The van der Waals surface area contributed by atoms with Gasteiger partial charge in [-0.05, 0) is 42.2 Å². The number of benzene rings is 1. The number of nitrogens with two attached hydrogens (primary N) is 1. The van der Waals surface area contributed by atoms with Gasteiger partial charge in [0.05, 0.1) is 6.10 Å². The van der Waals surface area contributed by atoms with Gasteiger partial charge in [0.2, 0.25) is 0 Å². The van der Waals surface area contributed by atoms with Crippen LogP contribution in [0.3, 0.4) is 0 Å². The standard InChI is InChI=1S/C16H27NOS/c1-13(2)12-15(17)16(18)9-11-19-10-8-14-6-4-3-5-7-14/h3-7,13,15-16,18H,8-12,17H2,1-2H3/t15-,16-/m0/s1. The van der Waals surface area contributed by atoms with E-state index in [0.29, 0.717) is 5.92 Å². The van der Waals surface area contributed by atoms with Gasteiger partial charge in [0.15, 0.2) is 0 Å². The van der Waals surface area contributed by atoms with Gasteiger partial charge in [-0.15, -0.1) is 0 Å². The Labute approximate surface area is 121 Å². The van der Waals surface area contributed by atoms with E-state index >= 15 is 0 Å². The lowest BCUT2D eigenvalue weighted by Crippen LogP contribution is -2.36. The second-order valence-corrected chi connectivity index (χ2v) is 6.72. The van der Waals surface area contributed by atoms with E-state index in [2.05, 4.69) is 38.1 Å². The van der Waals surface area contributed by atoms with Crippen molar-refractivity contribution in [3.63, 3.8) is 0 Å². The first-order chi connectivity index (χ1) is 9.09. The number of hydrogen-bond donors (Lipinski definition) is 2. The van der Waals surface area contributed by atoms with Crippen LogP contribution in [0, 0.1) is 5.92 Å². The van der Waals surface area contributed by atoms with Crippen molar-refractivity contribution >= 4 is 11.8 Å². The number of hydrogen-bond acceptors (Lipinski definition) is 3. The second-order valence-electron chi connectivity index (χ2n) is 5.50. The van der Waals surface area contributed by atoms with Crippen molar-refractivity contribution in [1.29, 1.82) is 0 Å². The molecule has 2 atom stereocenters. The van der Waals surface area contributed by atoms with Gasteiger partial charge in [-0.1, -0.05) is 44.2 Å². The Morgan fingerprint density at radius 1 is 1.16 bits per heavy atom. The van der Waals surface area contributed by atoms with Crippen molar-refractivity contribution in [3.8, 4) is 0 Å². The van der Waals surface area contributed by atoms with Crippen LogP contribution in [0.5, 0.6) is 0 Å². The molecule has 0 aliphatic carbocycles. The average Bonchev–Trinajstić information content (AvgIpc) is 2.38. The fourth-order valence-electron chi connectivity index (χ4n) is 2.06. The maximum absolute atomic E-state index is 9.94. The topological polar surface area (TPSA) is 46.2 Å². The zero-order valence-electron chi connectivity index (χ0n) is 12.1. The Morgan fingerprint density at radius 2 is 1.84 bits per heavy atom. The van der Waals surface area contributed by atoms with Gasteiger partial charge in [0.1, 0.15) is 0 Å². The minimum absolute atomic E-state index is 0.0743. The van der Waals surface area contributed by atoms with Gasteiger partial charge in [-0.3, -0.25) is 0 Å². The van der Waals surface area contributed by atoms with Crippen LogP contribution in [0.4, 0.5) is 0 Å². The molecule has 1 aromatic rings. The Kier molecular flexibility index (Phi) is 8.19. The van der Waals surface area contributed by atoms with Gasteiger partial charge in [0, 0.05) is 6.04 Å². The van der Waals surface area contributed by atoms with Crippen molar-refractivity contribution in [2.75, 3.05) is 11.5 Å². The van der Waals surface area contributed by atoms with Crippen molar-refractivity contribution < 1.29 is 5.11 Å². The first-order valence-electron chi connectivity index (χ1n) is 7.15. The van der Waals surface area contributed by atoms with Crippen molar-refractivity contribution in [1.82, 2.24) is 0 Å². The minimum atomic E-state index is -0.355. The fraction of sp³-hybridized carbons (Fsp3) is 0.625. The number of aliphatic hydroxyl groups is 1. The van der Waals surface area contributed by atoms with Crippen LogP contribution in [0.2, 0.25) is 0 Å². The largest absolute Gasteiger partial charge is 0.391 e. The molecule has 3 N–H and O–H groups in total. The predicted octanol–water partition coefficient (Wildman–Crippen LogP) is 3.09. The summed E-state index contributed by atoms with van der Waals surface area (Å²) in [5.74, 6) is 2.64. The van der Waals surface area contributed by atoms with Gasteiger partial charge in [-0.25, -0.2) is 0 Å². The normalized spacial score (nSPS) is 14.6. The molecular weight excluding hydrogens is 254 g/mol. The van der Waals surface area contributed by atoms with Gasteiger partial charge < -0.3 is 10.8 Å². The van der Waals surface area contributed by atoms with E-state index in [1.807, 2.05) is 17.8 Å². The van der Waals surface area contributed by atoms with Gasteiger partial charge >= 0.3 is 0 Å². The van der Waals surface area contributed by atoms with E-state index in [4.69, 9.17) is 5.73 Å². The van der Waals surface area contributed by atoms with Crippen LogP contribution in [-0.2, 0) is 6.42 Å². The molecule has 0 fully saturated rings. The number of rotatable bonds is 9. The molecule has 0 aromatic heterocycles. The Bertz CT molecular complexity index is 329. The van der Waals surface area contributed by atoms with E-state index in [1.165, 1.54) is 5.56 Å². The monoisotopic (exact) mass is 281 g/mol. The summed E-state index contributed by atoms with van der Waals surface area (Å²) in [7, 11) is 0. The summed E-state index contributed by atoms with van der Waals surface area (Å²) in [5, 5.41) is 9.94. The summed E-state index contributed by atoms with van der Waals surface area (Å²) in [6.45, 7) is 4.28. The fourth-order valence-corrected chi connectivity index (χ4v) is 3.05. The SMILES string of the molecule is CC(C)C[C@H](N)[C@@H](O)CCSCCc1ccccc1. The van der Waals surface area contributed by atoms with E-state index in [0.717, 1.165) is 30.8 Å². The zero-order chi connectivity index (χ0) is 14.1. The molecule has 108 valence electrons. The quantitative estimate of drug-likeness (QED) is 0.684. The lowest BCUT2D eigenvalue weighted by atomic mass is 9.99. The van der Waals surface area contributed by atoms with Crippen LogP contribution >= 0.6 is 11.8 Å². The molecule has 1 aromatic carbocycles. The first-order valence-corrected chi connectivity index (χ1v) is 8.30. The van der Waals surface area contributed by atoms with Crippen LogP contribution in [0.1, 0.15) is 32.3 Å². The molecular formula is C16H27NOS. The molecule has 0 bridgehead atoms. The highest BCUT2D eigenvalue weighted by Crippen LogP contribution is 2.13. The van der Waals surface area contributed by atoms with Crippen LogP contribution in [0.15, 0.2) is 30.3 Å². The molecule has 0 heterocycles. The summed E-state index contributed by atoms with van der Waals surface area (Å²) < 4.78 is 0. The zero-order valence-corrected chi connectivity index (χ0v) is 12.9. The predicted molar refractivity (Wildman–Crippen MR) is 85.5 cm³/mol. The van der Waals surface area contributed by atoms with Crippen molar-refractivity contribution in [2.45, 2.75) is 45.3 Å². The molecule has 0 unspecified atom stereocenters. The third kappa shape index (κ3) is 7.61. The molecule has 3 heteroatoms. The Morgan fingerprint density at radius 3 is 2.47 bits per heavy atom. The minimum Gasteiger partial charge on any atom is -0.391 e. The lowest BCUT2D eigenvalue weighted by molar-refractivity contribution is 0.131. The molecule has 1 rings (SSSR count). The number of aryl methyl sites for hydroxylation is 1. The third-order valence-electron chi connectivity index (χ3n) is 3.17. The number of aliphatic hydroxyl groups excluding tert-OH is 1. The molecule has 0 amide bonds. The summed E-state index contributed by atoms with van der Waals surface area (Å²) in [4.78, 5) is 0. The smallest absolute Gasteiger partial charge is 0.0699 e. The molecule has 0 aliphatic heterocycles. The van der Waals surface area contributed by atoms with E-state index in [-0.39, 0.29) is 12.1 Å². The molecule has 0 radical (unpaired) electrons. The highest BCUT2D eigenvalue weighted by Gasteiger charge is 2.15. The summed E-state index contributed by atoms with van der Waals surface area (Å²) >= 11 is 1.90. The first kappa shape index (κ1) is 16.5. The number of thioether (sulfide) groups is 1. The van der Waals surface area contributed by atoms with Crippen molar-refractivity contribution in [2.24, 2.45) is 11.7 Å². The Hall–Kier alpha value is -0.510. The van der Waals surface area contributed by atoms with Crippen LogP contribution in [-0.4, -0.2) is 28.8 Å². The molecule has 0 saturated carbocycles. The summed E-state index contributed by atoms with van der Waals surface area (Å²) in [5.41, 5.74) is 7.35. The molecule has 0 aliphatic rings. The highest BCUT2D eigenvalue weighted by molar-refractivity contribution is 7.99. The second kappa shape index (κ2) is 9.40. The summed E-state index contributed by atoms with van der Waals surface area (Å²) in [6, 6.07) is 10.4. The molecule has 2 nitrogen and oxygen atoms in total. The summed E-state index contributed by atoms with van der Waals surface area (Å²) in [6.07, 6.45) is 2.44. The maximum atomic E-state index is 9.94. The van der Waals surface area contributed by atoms with Crippen LogP contribution in [0.25, 0.3) is 0 Å². The lowest BCUT2D eigenvalue weighted by Gasteiger charge is -2.20. The Balaban J connectivity index is 2.07. The average molecular weight is 281 g/mol. The van der Waals surface area contributed by atoms with E-state index in [9.17, 15) is 5.11 Å². The van der Waals surface area contributed by atoms with Gasteiger partial charge in [0.25, 0.3) is 0 Å². The highest BCUT2D eigenvalue weighted by atomic mass is 32.2. The molecule has 0 spiro atoms.